The van der Waals surface area contributed by atoms with E-state index < -0.39 is 12.3 Å². The van der Waals surface area contributed by atoms with Gasteiger partial charge in [0.15, 0.2) is 11.4 Å². The number of hydrogen-bond donors (Lipinski definition) is 3. The molecule has 3 N–H and O–H groups in total. The number of nitrogens with one attached hydrogen (secondary N) is 1. The number of aliphatic hydroxyl groups excluding tert-OH is 1. The van der Waals surface area contributed by atoms with Gasteiger partial charge in [0.25, 0.3) is 0 Å². The lowest BCUT2D eigenvalue weighted by Crippen LogP contribution is -2.38. The minimum absolute atomic E-state index is 0.0107. The van der Waals surface area contributed by atoms with Crippen LogP contribution in [0.15, 0.2) is 90.3 Å². The van der Waals surface area contributed by atoms with E-state index in [1.165, 1.54) is 0 Å². The number of carboxylic acids is 1. The van der Waals surface area contributed by atoms with Gasteiger partial charge in [-0.25, -0.2) is 4.98 Å². The van der Waals surface area contributed by atoms with Crippen LogP contribution < -0.4 is 5.32 Å². The average Bonchev–Trinajstić information content (AvgIpc) is 3.47. The van der Waals surface area contributed by atoms with Crippen LogP contribution in [0.5, 0.6) is 0 Å². The van der Waals surface area contributed by atoms with Crippen LogP contribution >= 0.6 is 11.8 Å². The summed E-state index contributed by atoms with van der Waals surface area (Å²) in [6.07, 6.45) is 3.28. The maximum absolute atomic E-state index is 12.2. The number of imidazole rings is 1. The number of hydrogen-bond acceptors (Lipinski definition) is 7. The molecule has 0 spiro atoms. The molecule has 3 aromatic carbocycles. The molecule has 0 bridgehead atoms. The number of ether oxygens (including phenoxy) is 2. The third-order valence-corrected chi connectivity index (χ3v) is 9.13. The zero-order valence-electron chi connectivity index (χ0n) is 25.5. The summed E-state index contributed by atoms with van der Waals surface area (Å²) in [6, 6.07) is 24.0. The number of nitrogens with zero attached hydrogens (tertiary/aromatic N) is 2. The Balaban J connectivity index is 1.33. The molecule has 1 aromatic heterocycles. The molecule has 0 radical (unpaired) electrons. The highest BCUT2D eigenvalue weighted by molar-refractivity contribution is 7.99. The molecule has 4 atom stereocenters. The SMILES string of the molecule is CC1C(CSc2nccn2C)OC(c2cccc(-c3cccc(CNC(=O)CCCC(=O)O)c3)c2)OC1c1ccc(CO)cc1. The van der Waals surface area contributed by atoms with Gasteiger partial charge in [-0.3, -0.25) is 9.59 Å². The Morgan fingerprint density at radius 3 is 2.42 bits per heavy atom. The van der Waals surface area contributed by atoms with E-state index in [0.717, 1.165) is 38.5 Å². The molecular formula is C35H39N3O6S. The highest BCUT2D eigenvalue weighted by Gasteiger charge is 2.38. The van der Waals surface area contributed by atoms with Crippen LogP contribution in [0.2, 0.25) is 0 Å². The molecule has 10 heteroatoms. The number of aliphatic carboxylic acids is 1. The van der Waals surface area contributed by atoms with Crippen molar-refractivity contribution >= 4 is 23.6 Å². The van der Waals surface area contributed by atoms with Gasteiger partial charge < -0.3 is 29.6 Å². The first-order valence-electron chi connectivity index (χ1n) is 15.1. The van der Waals surface area contributed by atoms with Crippen LogP contribution in [0.25, 0.3) is 11.1 Å². The molecule has 1 aliphatic rings. The third-order valence-electron chi connectivity index (χ3n) is 7.98. The van der Waals surface area contributed by atoms with Crippen molar-refractivity contribution in [3.8, 4) is 11.1 Å². The summed E-state index contributed by atoms with van der Waals surface area (Å²) in [5.74, 6) is -0.294. The first-order valence-corrected chi connectivity index (χ1v) is 16.1. The molecule has 4 unspecified atom stereocenters. The van der Waals surface area contributed by atoms with Gasteiger partial charge in [-0.2, -0.15) is 0 Å². The number of aryl methyl sites for hydroxylation is 1. The van der Waals surface area contributed by atoms with Gasteiger partial charge in [-0.05, 0) is 46.4 Å². The number of carboxylic acid groups (broad SMARTS) is 1. The second-order valence-corrected chi connectivity index (χ2v) is 12.3. The van der Waals surface area contributed by atoms with E-state index in [4.69, 9.17) is 14.6 Å². The van der Waals surface area contributed by atoms with Crippen molar-refractivity contribution in [3.05, 3.63) is 107 Å². The number of rotatable bonds is 13. The predicted molar refractivity (Wildman–Crippen MR) is 172 cm³/mol. The number of thioether (sulfide) groups is 1. The number of aromatic nitrogens is 2. The summed E-state index contributed by atoms with van der Waals surface area (Å²) in [5.41, 5.74) is 5.73. The summed E-state index contributed by atoms with van der Waals surface area (Å²) in [5, 5.41) is 22.1. The predicted octanol–water partition coefficient (Wildman–Crippen LogP) is 6.03. The zero-order valence-corrected chi connectivity index (χ0v) is 26.3. The van der Waals surface area contributed by atoms with E-state index in [-0.39, 0.29) is 43.5 Å². The van der Waals surface area contributed by atoms with E-state index in [0.29, 0.717) is 18.7 Å². The standard InChI is InChI=1S/C35H39N3O6S/c1-23-30(22-45-35-36-16-17-38(35)2)43-34(44-33(23)26-14-12-24(21-39)13-15-26)29-9-4-8-28(19-29)27-7-3-6-25(18-27)20-37-31(40)10-5-11-32(41)42/h3-4,6-9,12-19,23,30,33-34,39H,5,10-11,20-22H2,1-2H3,(H,37,40)(H,41,42). The fourth-order valence-corrected chi connectivity index (χ4v) is 6.47. The molecule has 2 heterocycles. The first kappa shape index (κ1) is 32.4. The van der Waals surface area contributed by atoms with Crippen LogP contribution in [0, 0.1) is 5.92 Å². The highest BCUT2D eigenvalue weighted by Crippen LogP contribution is 2.43. The Morgan fingerprint density at radius 2 is 1.71 bits per heavy atom. The Morgan fingerprint density at radius 1 is 0.956 bits per heavy atom. The molecule has 45 heavy (non-hydrogen) atoms. The van der Waals surface area contributed by atoms with Gasteiger partial charge >= 0.3 is 5.97 Å². The van der Waals surface area contributed by atoms with E-state index >= 15 is 0 Å². The Hall–Kier alpha value is -3.96. The maximum atomic E-state index is 12.2. The molecule has 1 aliphatic heterocycles. The molecule has 0 saturated carbocycles. The summed E-state index contributed by atoms with van der Waals surface area (Å²) in [4.78, 5) is 27.3. The van der Waals surface area contributed by atoms with Gasteiger partial charge in [0.05, 0.1) is 18.8 Å². The lowest BCUT2D eigenvalue weighted by atomic mass is 9.91. The lowest BCUT2D eigenvalue weighted by Gasteiger charge is -2.41. The molecule has 236 valence electrons. The van der Waals surface area contributed by atoms with Gasteiger partial charge in [0.1, 0.15) is 0 Å². The molecule has 5 rings (SSSR count). The molecule has 1 amide bonds. The molecule has 4 aromatic rings. The highest BCUT2D eigenvalue weighted by atomic mass is 32.2. The summed E-state index contributed by atoms with van der Waals surface area (Å²) >= 11 is 1.66. The van der Waals surface area contributed by atoms with E-state index in [2.05, 4.69) is 23.3 Å². The van der Waals surface area contributed by atoms with Crippen LogP contribution in [0.1, 0.15) is 60.8 Å². The van der Waals surface area contributed by atoms with Crippen molar-refractivity contribution in [2.45, 2.75) is 63.0 Å². The van der Waals surface area contributed by atoms with Crippen molar-refractivity contribution in [2.75, 3.05) is 5.75 Å². The first-order chi connectivity index (χ1) is 21.8. The number of aliphatic hydroxyl groups is 1. The van der Waals surface area contributed by atoms with Crippen LogP contribution in [0.4, 0.5) is 0 Å². The van der Waals surface area contributed by atoms with Crippen molar-refractivity contribution in [1.82, 2.24) is 14.9 Å². The second kappa shape index (κ2) is 15.4. The Kier molecular flexibility index (Phi) is 11.1. The fraction of sp³-hybridized carbons (Fsp3) is 0.343. The van der Waals surface area contributed by atoms with E-state index in [1.54, 1.807) is 18.0 Å². The quantitative estimate of drug-likeness (QED) is 0.153. The minimum Gasteiger partial charge on any atom is -0.481 e. The largest absolute Gasteiger partial charge is 0.481 e. The topological polar surface area (TPSA) is 123 Å². The fourth-order valence-electron chi connectivity index (χ4n) is 5.37. The second-order valence-electron chi connectivity index (χ2n) is 11.3. The van der Waals surface area contributed by atoms with E-state index in [1.807, 2.05) is 84.5 Å². The molecular weight excluding hydrogens is 590 g/mol. The molecule has 9 nitrogen and oxygen atoms in total. The minimum atomic E-state index is -0.901. The summed E-state index contributed by atoms with van der Waals surface area (Å²) in [7, 11) is 1.98. The van der Waals surface area contributed by atoms with Crippen molar-refractivity contribution in [1.29, 1.82) is 0 Å². The van der Waals surface area contributed by atoms with Crippen molar-refractivity contribution < 1.29 is 29.3 Å². The number of carbonyl (C=O) groups excluding carboxylic acids is 1. The number of benzene rings is 3. The normalized spacial score (nSPS) is 19.7. The average molecular weight is 630 g/mol. The third kappa shape index (κ3) is 8.61. The van der Waals surface area contributed by atoms with Gasteiger partial charge in [-0.1, -0.05) is 79.3 Å². The Bertz CT molecular complexity index is 1590. The van der Waals surface area contributed by atoms with Crippen LogP contribution in [-0.4, -0.2) is 43.5 Å². The summed E-state index contributed by atoms with van der Waals surface area (Å²) < 4.78 is 15.3. The van der Waals surface area contributed by atoms with E-state index in [9.17, 15) is 14.7 Å². The van der Waals surface area contributed by atoms with Crippen LogP contribution in [-0.2, 0) is 39.3 Å². The van der Waals surface area contributed by atoms with Gasteiger partial charge in [0, 0.05) is 56.1 Å². The van der Waals surface area contributed by atoms with Gasteiger partial charge in [0.2, 0.25) is 5.91 Å². The van der Waals surface area contributed by atoms with Gasteiger partial charge in [-0.15, -0.1) is 0 Å². The number of carbonyl (C=O) groups is 2. The number of amides is 1. The molecule has 1 fully saturated rings. The van der Waals surface area contributed by atoms with Crippen molar-refractivity contribution in [3.63, 3.8) is 0 Å². The maximum Gasteiger partial charge on any atom is 0.303 e. The lowest BCUT2D eigenvalue weighted by molar-refractivity contribution is -0.268. The molecule has 1 saturated heterocycles. The summed E-state index contributed by atoms with van der Waals surface area (Å²) in [6.45, 7) is 2.50. The monoisotopic (exact) mass is 629 g/mol. The smallest absolute Gasteiger partial charge is 0.303 e. The Labute approximate surface area is 267 Å². The van der Waals surface area contributed by atoms with Crippen LogP contribution in [0.3, 0.4) is 0 Å². The molecule has 0 aliphatic carbocycles. The zero-order chi connectivity index (χ0) is 31.8. The van der Waals surface area contributed by atoms with Crippen molar-refractivity contribution in [2.24, 2.45) is 13.0 Å².